The molecule has 1 aromatic carbocycles. The van der Waals surface area contributed by atoms with Gasteiger partial charge in [0.25, 0.3) is 5.91 Å². The first kappa shape index (κ1) is 17.6. The van der Waals surface area contributed by atoms with Crippen LogP contribution >= 0.6 is 0 Å². The molecule has 0 radical (unpaired) electrons. The van der Waals surface area contributed by atoms with Crippen LogP contribution < -0.4 is 5.32 Å². The number of hydrogen-bond donors (Lipinski definition) is 1. The molecule has 0 aliphatic carbocycles. The van der Waals surface area contributed by atoms with E-state index in [4.69, 9.17) is 4.74 Å². The zero-order valence-corrected chi connectivity index (χ0v) is 15.3. The number of carbonyl (C=O) groups is 1. The molecule has 2 heterocycles. The van der Waals surface area contributed by atoms with Crippen molar-refractivity contribution >= 4 is 5.91 Å². The minimum absolute atomic E-state index is 0.0396. The second-order valence-corrected chi connectivity index (χ2v) is 7.76. The van der Waals surface area contributed by atoms with E-state index in [1.165, 1.54) is 6.33 Å². The van der Waals surface area contributed by atoms with Crippen LogP contribution in [-0.2, 0) is 4.74 Å². The Morgan fingerprint density at radius 1 is 1.40 bits per heavy atom. The first-order valence-electron chi connectivity index (χ1n) is 8.71. The first-order chi connectivity index (χ1) is 11.9. The number of rotatable bonds is 4. The molecule has 0 bridgehead atoms. The lowest BCUT2D eigenvalue weighted by Gasteiger charge is -2.31. The lowest BCUT2D eigenvalue weighted by atomic mass is 9.81. The summed E-state index contributed by atoms with van der Waals surface area (Å²) >= 11 is 0. The van der Waals surface area contributed by atoms with E-state index in [1.54, 1.807) is 11.0 Å². The molecule has 1 aliphatic rings. The second-order valence-electron chi connectivity index (χ2n) is 7.76. The van der Waals surface area contributed by atoms with Crippen molar-refractivity contribution in [1.29, 1.82) is 0 Å². The number of carbonyl (C=O) groups excluding carboxylic acids is 1. The van der Waals surface area contributed by atoms with Gasteiger partial charge in [-0.3, -0.25) is 4.79 Å². The fourth-order valence-corrected chi connectivity index (χ4v) is 3.51. The molecule has 6 heteroatoms. The predicted molar refractivity (Wildman–Crippen MR) is 95.7 cm³/mol. The number of ether oxygens (including phenoxy) is 1. The topological polar surface area (TPSA) is 69.0 Å². The molecule has 1 fully saturated rings. The lowest BCUT2D eigenvalue weighted by molar-refractivity contribution is 0.00737. The van der Waals surface area contributed by atoms with Gasteiger partial charge in [0.05, 0.1) is 11.8 Å². The van der Waals surface area contributed by atoms with Crippen LogP contribution in [0.1, 0.15) is 43.1 Å². The van der Waals surface area contributed by atoms with Crippen LogP contribution in [0.25, 0.3) is 5.69 Å². The van der Waals surface area contributed by atoms with Gasteiger partial charge in [-0.1, -0.05) is 20.8 Å². The van der Waals surface area contributed by atoms with Crippen molar-refractivity contribution in [3.8, 4) is 5.69 Å². The maximum Gasteiger partial charge on any atom is 0.251 e. The van der Waals surface area contributed by atoms with Gasteiger partial charge in [0.15, 0.2) is 0 Å². The summed E-state index contributed by atoms with van der Waals surface area (Å²) in [5.41, 5.74) is 2.58. The molecule has 1 amide bonds. The molecule has 0 spiro atoms. The zero-order valence-electron chi connectivity index (χ0n) is 15.3. The first-order valence-corrected chi connectivity index (χ1v) is 8.71. The number of nitrogens with one attached hydrogen (secondary N) is 1. The largest absolute Gasteiger partial charge is 0.377 e. The summed E-state index contributed by atoms with van der Waals surface area (Å²) < 4.78 is 7.56. The number of nitrogens with zero attached hydrogens (tertiary/aromatic N) is 3. The summed E-state index contributed by atoms with van der Waals surface area (Å²) in [5.74, 6) is 0.320. The van der Waals surface area contributed by atoms with Gasteiger partial charge >= 0.3 is 0 Å². The van der Waals surface area contributed by atoms with Gasteiger partial charge < -0.3 is 10.1 Å². The van der Waals surface area contributed by atoms with Crippen molar-refractivity contribution in [3.05, 3.63) is 42.0 Å². The Balaban J connectivity index is 1.65. The summed E-state index contributed by atoms with van der Waals surface area (Å²) in [6.45, 7) is 9.91. The van der Waals surface area contributed by atoms with Gasteiger partial charge in [0.1, 0.15) is 12.7 Å². The highest BCUT2D eigenvalue weighted by molar-refractivity contribution is 5.95. The molecule has 1 aromatic heterocycles. The Kier molecular flexibility index (Phi) is 4.90. The summed E-state index contributed by atoms with van der Waals surface area (Å²) in [6.07, 6.45) is 4.31. The van der Waals surface area contributed by atoms with Crippen LogP contribution in [0.4, 0.5) is 0 Å². The fourth-order valence-electron chi connectivity index (χ4n) is 3.51. The van der Waals surface area contributed by atoms with Crippen LogP contribution in [-0.4, -0.2) is 39.9 Å². The fraction of sp³-hybridized carbons (Fsp3) is 0.526. The zero-order chi connectivity index (χ0) is 18.0. The van der Waals surface area contributed by atoms with Gasteiger partial charge in [-0.15, -0.1) is 0 Å². The van der Waals surface area contributed by atoms with Crippen LogP contribution in [0.2, 0.25) is 0 Å². The van der Waals surface area contributed by atoms with Gasteiger partial charge in [0.2, 0.25) is 0 Å². The molecule has 134 valence electrons. The molecule has 2 atom stereocenters. The van der Waals surface area contributed by atoms with Crippen LogP contribution in [0.5, 0.6) is 0 Å². The third kappa shape index (κ3) is 3.90. The van der Waals surface area contributed by atoms with E-state index >= 15 is 0 Å². The number of aryl methyl sites for hydroxylation is 1. The summed E-state index contributed by atoms with van der Waals surface area (Å²) in [6, 6.07) is 5.67. The van der Waals surface area contributed by atoms with Crippen molar-refractivity contribution in [1.82, 2.24) is 20.1 Å². The molecule has 3 rings (SSSR count). The van der Waals surface area contributed by atoms with E-state index in [1.807, 2.05) is 25.1 Å². The van der Waals surface area contributed by atoms with E-state index in [9.17, 15) is 4.79 Å². The Morgan fingerprint density at radius 3 is 2.84 bits per heavy atom. The minimum Gasteiger partial charge on any atom is -0.377 e. The van der Waals surface area contributed by atoms with E-state index in [2.05, 4.69) is 36.2 Å². The number of hydrogen-bond acceptors (Lipinski definition) is 4. The van der Waals surface area contributed by atoms with Gasteiger partial charge in [-0.2, -0.15) is 5.10 Å². The monoisotopic (exact) mass is 342 g/mol. The third-order valence-corrected chi connectivity index (χ3v) is 4.73. The summed E-state index contributed by atoms with van der Waals surface area (Å²) in [7, 11) is 0. The van der Waals surface area contributed by atoms with Crippen molar-refractivity contribution < 1.29 is 9.53 Å². The second kappa shape index (κ2) is 6.96. The Hall–Kier alpha value is -2.21. The number of amides is 1. The minimum atomic E-state index is -0.0396. The van der Waals surface area contributed by atoms with E-state index in [0.29, 0.717) is 18.0 Å². The van der Waals surface area contributed by atoms with Gasteiger partial charge in [-0.25, -0.2) is 9.67 Å². The van der Waals surface area contributed by atoms with E-state index in [0.717, 1.165) is 24.3 Å². The SMILES string of the molecule is Cc1cc(-n2cncn2)ccc1C(=O)NC[C@@H]1CCO[C@@H]1C(C)(C)C. The summed E-state index contributed by atoms with van der Waals surface area (Å²) in [4.78, 5) is 16.5. The molecule has 2 aromatic rings. The van der Waals surface area contributed by atoms with E-state index in [-0.39, 0.29) is 17.4 Å². The average molecular weight is 342 g/mol. The highest BCUT2D eigenvalue weighted by Crippen LogP contribution is 2.34. The molecular formula is C19H26N4O2. The Morgan fingerprint density at radius 2 is 2.20 bits per heavy atom. The number of aromatic nitrogens is 3. The predicted octanol–water partition coefficient (Wildman–Crippen LogP) is 2.76. The average Bonchev–Trinajstić information content (AvgIpc) is 3.23. The highest BCUT2D eigenvalue weighted by atomic mass is 16.5. The highest BCUT2D eigenvalue weighted by Gasteiger charge is 2.37. The van der Waals surface area contributed by atoms with Crippen molar-refractivity contribution in [2.75, 3.05) is 13.2 Å². The van der Waals surface area contributed by atoms with Crippen LogP contribution in [0, 0.1) is 18.3 Å². The van der Waals surface area contributed by atoms with Crippen LogP contribution in [0.15, 0.2) is 30.9 Å². The molecule has 25 heavy (non-hydrogen) atoms. The Labute approximate surface area is 148 Å². The molecule has 1 N–H and O–H groups in total. The Bertz CT molecular complexity index is 734. The van der Waals surface area contributed by atoms with Crippen molar-refractivity contribution in [2.45, 2.75) is 40.2 Å². The third-order valence-electron chi connectivity index (χ3n) is 4.73. The maximum absolute atomic E-state index is 12.6. The number of benzene rings is 1. The van der Waals surface area contributed by atoms with Gasteiger partial charge in [0, 0.05) is 24.6 Å². The normalized spacial score (nSPS) is 20.6. The molecule has 1 aliphatic heterocycles. The maximum atomic E-state index is 12.6. The molecule has 6 nitrogen and oxygen atoms in total. The van der Waals surface area contributed by atoms with Crippen LogP contribution in [0.3, 0.4) is 0 Å². The van der Waals surface area contributed by atoms with E-state index < -0.39 is 0 Å². The van der Waals surface area contributed by atoms with Crippen molar-refractivity contribution in [3.63, 3.8) is 0 Å². The molecule has 0 saturated carbocycles. The quantitative estimate of drug-likeness (QED) is 0.927. The van der Waals surface area contributed by atoms with Crippen molar-refractivity contribution in [2.24, 2.45) is 11.3 Å². The summed E-state index contributed by atoms with van der Waals surface area (Å²) in [5, 5.41) is 7.20. The molecule has 0 unspecified atom stereocenters. The molecule has 1 saturated heterocycles. The van der Waals surface area contributed by atoms with Gasteiger partial charge in [-0.05, 0) is 42.5 Å². The smallest absolute Gasteiger partial charge is 0.251 e. The molecular weight excluding hydrogens is 316 g/mol. The standard InChI is InChI=1S/C19H26N4O2/c1-13-9-15(23-12-20-11-22-23)5-6-16(13)18(24)21-10-14-7-8-25-17(14)19(2,3)4/h5-6,9,11-12,14,17H,7-8,10H2,1-4H3,(H,21,24)/t14-,17-/m0/s1. The lowest BCUT2D eigenvalue weighted by Crippen LogP contribution is -2.38.